The van der Waals surface area contributed by atoms with Gasteiger partial charge in [-0.15, -0.1) is 10.2 Å². The number of hydrogen-bond acceptors (Lipinski definition) is 6. The van der Waals surface area contributed by atoms with Gasteiger partial charge in [0.05, 0.1) is 18.8 Å². The van der Waals surface area contributed by atoms with Crippen molar-refractivity contribution in [3.05, 3.63) is 63.6 Å². The number of likely N-dealkylation sites (tertiary alicyclic amines) is 1. The lowest BCUT2D eigenvalue weighted by Gasteiger charge is -2.23. The molecule has 0 radical (unpaired) electrons. The first-order valence-electron chi connectivity index (χ1n) is 9.66. The second-order valence-corrected chi connectivity index (χ2v) is 8.33. The molecule has 2 heterocycles. The van der Waals surface area contributed by atoms with Gasteiger partial charge in [-0.1, -0.05) is 35.1 Å². The number of benzene rings is 2. The molecule has 3 aromatic rings. The second-order valence-electron chi connectivity index (χ2n) is 6.89. The molecule has 0 spiro atoms. The number of halogens is 1. The number of aromatic nitrogens is 2. The van der Waals surface area contributed by atoms with Crippen molar-refractivity contribution < 1.29 is 14.3 Å². The van der Waals surface area contributed by atoms with Crippen molar-refractivity contribution >= 4 is 46.3 Å². The van der Waals surface area contributed by atoms with Gasteiger partial charge in [0.1, 0.15) is 10.8 Å². The highest BCUT2D eigenvalue weighted by Gasteiger charge is 2.33. The molecule has 2 N–H and O–H groups in total. The monoisotopic (exact) mass is 457 g/mol. The molecule has 31 heavy (non-hydrogen) atoms. The van der Waals surface area contributed by atoms with E-state index >= 15 is 0 Å². The second kappa shape index (κ2) is 9.32. The van der Waals surface area contributed by atoms with Crippen molar-refractivity contribution in [2.24, 2.45) is 0 Å². The lowest BCUT2D eigenvalue weighted by atomic mass is 10.2. The van der Waals surface area contributed by atoms with Gasteiger partial charge in [0, 0.05) is 17.3 Å². The summed E-state index contributed by atoms with van der Waals surface area (Å²) in [6, 6.07) is 13.6. The first-order valence-corrected chi connectivity index (χ1v) is 10.9. The molecule has 3 amide bonds. The summed E-state index contributed by atoms with van der Waals surface area (Å²) >= 11 is 7.06. The standard InChI is InChI=1S/C21H20ClN5O3S/c1-30-17-7-3-2-5-15(17)24-21(29)27-12-4-6-16(27)19-25-26-20(31-19)18(28)23-14-10-8-13(22)9-11-14/h2-3,5,7-11,16H,4,6,12H2,1H3,(H,23,28)(H,24,29). The molecular formula is C21H20ClN5O3S. The van der Waals surface area contributed by atoms with Crippen LogP contribution in [0.25, 0.3) is 0 Å². The zero-order valence-electron chi connectivity index (χ0n) is 16.7. The first-order chi connectivity index (χ1) is 15.0. The van der Waals surface area contributed by atoms with Crippen LogP contribution in [0.4, 0.5) is 16.2 Å². The van der Waals surface area contributed by atoms with E-state index in [1.54, 1.807) is 48.4 Å². The fourth-order valence-electron chi connectivity index (χ4n) is 3.38. The quantitative estimate of drug-likeness (QED) is 0.572. The van der Waals surface area contributed by atoms with Gasteiger partial charge in [-0.2, -0.15) is 0 Å². The summed E-state index contributed by atoms with van der Waals surface area (Å²) in [4.78, 5) is 27.1. The maximum atomic E-state index is 12.9. The van der Waals surface area contributed by atoms with Gasteiger partial charge in [-0.05, 0) is 49.2 Å². The van der Waals surface area contributed by atoms with Crippen molar-refractivity contribution in [1.82, 2.24) is 15.1 Å². The Morgan fingerprint density at radius 3 is 2.68 bits per heavy atom. The molecule has 0 saturated carbocycles. The molecule has 4 rings (SSSR count). The molecule has 1 atom stereocenters. The number of para-hydroxylation sites is 2. The third-order valence-electron chi connectivity index (χ3n) is 4.88. The summed E-state index contributed by atoms with van der Waals surface area (Å²) < 4.78 is 5.30. The summed E-state index contributed by atoms with van der Waals surface area (Å²) in [7, 11) is 1.56. The summed E-state index contributed by atoms with van der Waals surface area (Å²) in [5.41, 5.74) is 1.21. The van der Waals surface area contributed by atoms with Gasteiger partial charge in [0.25, 0.3) is 5.91 Å². The van der Waals surface area contributed by atoms with Crippen molar-refractivity contribution in [3.8, 4) is 5.75 Å². The summed E-state index contributed by atoms with van der Waals surface area (Å²) in [5.74, 6) is 0.234. The van der Waals surface area contributed by atoms with Gasteiger partial charge in [0.2, 0.25) is 5.01 Å². The molecule has 8 nitrogen and oxygen atoms in total. The van der Waals surface area contributed by atoms with Crippen LogP contribution < -0.4 is 15.4 Å². The van der Waals surface area contributed by atoms with Crippen LogP contribution in [0.1, 0.15) is 33.7 Å². The van der Waals surface area contributed by atoms with E-state index in [0.29, 0.717) is 33.7 Å². The highest BCUT2D eigenvalue weighted by molar-refractivity contribution is 7.13. The van der Waals surface area contributed by atoms with E-state index in [9.17, 15) is 9.59 Å². The lowest BCUT2D eigenvalue weighted by Crippen LogP contribution is -2.34. The van der Waals surface area contributed by atoms with E-state index in [-0.39, 0.29) is 23.0 Å². The van der Waals surface area contributed by atoms with Gasteiger partial charge >= 0.3 is 6.03 Å². The average molecular weight is 458 g/mol. The summed E-state index contributed by atoms with van der Waals surface area (Å²) in [6.07, 6.45) is 1.60. The van der Waals surface area contributed by atoms with Crippen molar-refractivity contribution in [2.75, 3.05) is 24.3 Å². The number of nitrogens with zero attached hydrogens (tertiary/aromatic N) is 3. The SMILES string of the molecule is COc1ccccc1NC(=O)N1CCCC1c1nnc(C(=O)Nc2ccc(Cl)cc2)s1. The topological polar surface area (TPSA) is 96.4 Å². The Hall–Kier alpha value is -3.17. The van der Waals surface area contributed by atoms with Crippen molar-refractivity contribution in [1.29, 1.82) is 0 Å². The Kier molecular flexibility index (Phi) is 6.34. The number of methoxy groups -OCH3 is 1. The molecule has 1 aliphatic rings. The molecular weight excluding hydrogens is 438 g/mol. The highest BCUT2D eigenvalue weighted by Crippen LogP contribution is 2.35. The summed E-state index contributed by atoms with van der Waals surface area (Å²) in [6.45, 7) is 0.595. The zero-order valence-corrected chi connectivity index (χ0v) is 18.2. The fourth-order valence-corrected chi connectivity index (χ4v) is 4.39. The molecule has 1 fully saturated rings. The minimum atomic E-state index is -0.353. The van der Waals surface area contributed by atoms with Crippen LogP contribution in [0.5, 0.6) is 5.75 Å². The number of carbonyl (C=O) groups is 2. The predicted octanol–water partition coefficient (Wildman–Crippen LogP) is 4.82. The third-order valence-corrected chi connectivity index (χ3v) is 6.16. The van der Waals surface area contributed by atoms with Crippen LogP contribution in [-0.4, -0.2) is 40.7 Å². The normalized spacial score (nSPS) is 15.5. The van der Waals surface area contributed by atoms with E-state index < -0.39 is 0 Å². The molecule has 1 saturated heterocycles. The number of urea groups is 1. The maximum absolute atomic E-state index is 12.9. The van der Waals surface area contributed by atoms with Crippen molar-refractivity contribution in [3.63, 3.8) is 0 Å². The van der Waals surface area contributed by atoms with Gasteiger partial charge in [-0.25, -0.2) is 4.79 Å². The Morgan fingerprint density at radius 1 is 1.13 bits per heavy atom. The molecule has 2 aromatic carbocycles. The van der Waals surface area contributed by atoms with Gasteiger partial charge in [0.15, 0.2) is 0 Å². The number of ether oxygens (including phenoxy) is 1. The smallest absolute Gasteiger partial charge is 0.322 e. The van der Waals surface area contributed by atoms with Gasteiger partial charge < -0.3 is 20.3 Å². The van der Waals surface area contributed by atoms with E-state index in [1.165, 1.54) is 11.3 Å². The Bertz CT molecular complexity index is 1090. The minimum absolute atomic E-state index is 0.232. The first kappa shape index (κ1) is 21.1. The van der Waals surface area contributed by atoms with E-state index in [4.69, 9.17) is 16.3 Å². The van der Waals surface area contributed by atoms with Gasteiger partial charge in [-0.3, -0.25) is 4.79 Å². The lowest BCUT2D eigenvalue weighted by molar-refractivity contribution is 0.102. The average Bonchev–Trinajstić information content (AvgIpc) is 3.45. The van der Waals surface area contributed by atoms with E-state index in [1.807, 2.05) is 12.1 Å². The number of rotatable bonds is 5. The van der Waals surface area contributed by atoms with E-state index in [2.05, 4.69) is 20.8 Å². The molecule has 0 bridgehead atoms. The fraction of sp³-hybridized carbons (Fsp3) is 0.238. The molecule has 1 unspecified atom stereocenters. The molecule has 10 heteroatoms. The maximum Gasteiger partial charge on any atom is 0.322 e. The Morgan fingerprint density at radius 2 is 1.90 bits per heavy atom. The Balaban J connectivity index is 1.45. The zero-order chi connectivity index (χ0) is 21.8. The number of carbonyl (C=O) groups excluding carboxylic acids is 2. The largest absolute Gasteiger partial charge is 0.495 e. The third kappa shape index (κ3) is 4.78. The molecule has 160 valence electrons. The van der Waals surface area contributed by atoms with Crippen LogP contribution >= 0.6 is 22.9 Å². The molecule has 1 aliphatic heterocycles. The van der Waals surface area contributed by atoms with E-state index in [0.717, 1.165) is 12.8 Å². The number of nitrogens with one attached hydrogen (secondary N) is 2. The summed E-state index contributed by atoms with van der Waals surface area (Å²) in [5, 5.41) is 15.3. The van der Waals surface area contributed by atoms with Crippen LogP contribution in [0.15, 0.2) is 48.5 Å². The van der Waals surface area contributed by atoms with Crippen LogP contribution in [0.2, 0.25) is 5.02 Å². The highest BCUT2D eigenvalue weighted by atomic mass is 35.5. The van der Waals surface area contributed by atoms with Crippen LogP contribution in [0, 0.1) is 0 Å². The van der Waals surface area contributed by atoms with Crippen molar-refractivity contribution in [2.45, 2.75) is 18.9 Å². The Labute approximate surface area is 188 Å². The molecule has 0 aliphatic carbocycles. The van der Waals surface area contributed by atoms with Crippen LogP contribution in [-0.2, 0) is 0 Å². The van der Waals surface area contributed by atoms with Crippen LogP contribution in [0.3, 0.4) is 0 Å². The number of anilines is 2. The number of amides is 3. The minimum Gasteiger partial charge on any atom is -0.495 e. The predicted molar refractivity (Wildman–Crippen MR) is 120 cm³/mol. The number of hydrogen-bond donors (Lipinski definition) is 2. The molecule has 1 aromatic heterocycles.